The summed E-state index contributed by atoms with van der Waals surface area (Å²) in [4.78, 5) is 17.4. The molecule has 166 valence electrons. The van der Waals surface area contributed by atoms with Gasteiger partial charge in [0.25, 0.3) is 5.91 Å². The predicted molar refractivity (Wildman–Crippen MR) is 120 cm³/mol. The van der Waals surface area contributed by atoms with Crippen LogP contribution in [-0.4, -0.2) is 76.0 Å². The number of benzene rings is 2. The third kappa shape index (κ3) is 4.72. The first kappa shape index (κ1) is 22.1. The highest BCUT2D eigenvalue weighted by atomic mass is 35.5. The summed E-state index contributed by atoms with van der Waals surface area (Å²) in [6.07, 6.45) is 0. The number of morpholine rings is 1. The van der Waals surface area contributed by atoms with Crippen molar-refractivity contribution >= 4 is 33.2 Å². The molecule has 0 N–H and O–H groups in total. The van der Waals surface area contributed by atoms with Crippen LogP contribution in [0, 0.1) is 6.92 Å². The van der Waals surface area contributed by atoms with Gasteiger partial charge in [-0.05, 0) is 48.9 Å². The number of hydrogen-bond acceptors (Lipinski definition) is 5. The van der Waals surface area contributed by atoms with Crippen molar-refractivity contribution in [2.24, 2.45) is 0 Å². The van der Waals surface area contributed by atoms with E-state index >= 15 is 0 Å². The van der Waals surface area contributed by atoms with Crippen molar-refractivity contribution in [3.63, 3.8) is 0 Å². The highest BCUT2D eigenvalue weighted by Gasteiger charge is 2.29. The molecule has 31 heavy (non-hydrogen) atoms. The van der Waals surface area contributed by atoms with E-state index in [2.05, 4.69) is 4.90 Å². The average Bonchev–Trinajstić information content (AvgIpc) is 2.80. The molecule has 0 unspecified atom stereocenters. The molecule has 2 aliphatic rings. The highest BCUT2D eigenvalue weighted by Crippen LogP contribution is 2.23. The number of halogens is 1. The Kier molecular flexibility index (Phi) is 6.52. The van der Waals surface area contributed by atoms with Gasteiger partial charge in [0.1, 0.15) is 0 Å². The molecule has 4 rings (SSSR count). The summed E-state index contributed by atoms with van der Waals surface area (Å²) in [7, 11) is -3.65. The number of carbonyl (C=O) groups is 1. The summed E-state index contributed by atoms with van der Waals surface area (Å²) in [5.74, 6) is -0.132. The van der Waals surface area contributed by atoms with Crippen LogP contribution in [0.3, 0.4) is 0 Å². The Morgan fingerprint density at radius 2 is 1.58 bits per heavy atom. The molecule has 0 radical (unpaired) electrons. The summed E-state index contributed by atoms with van der Waals surface area (Å²) in [5.41, 5.74) is 2.28. The Bertz CT molecular complexity index is 1040. The Hall–Kier alpha value is -2.13. The fraction of sp³-hybridized carbons (Fsp3) is 0.409. The number of sulfonamides is 1. The molecule has 0 aliphatic carbocycles. The third-order valence-electron chi connectivity index (χ3n) is 5.81. The van der Waals surface area contributed by atoms with E-state index in [1.165, 1.54) is 10.4 Å². The second-order valence-corrected chi connectivity index (χ2v) is 10.1. The molecule has 1 amide bonds. The van der Waals surface area contributed by atoms with Gasteiger partial charge in [0.05, 0.1) is 18.1 Å². The molecule has 2 heterocycles. The second-order valence-electron chi connectivity index (χ2n) is 7.75. The van der Waals surface area contributed by atoms with Crippen LogP contribution in [0.2, 0.25) is 5.02 Å². The van der Waals surface area contributed by atoms with E-state index in [0.717, 1.165) is 11.3 Å². The van der Waals surface area contributed by atoms with Gasteiger partial charge < -0.3 is 14.5 Å². The first-order valence-electron chi connectivity index (χ1n) is 10.3. The third-order valence-corrected chi connectivity index (χ3v) is 7.95. The van der Waals surface area contributed by atoms with E-state index in [1.807, 2.05) is 31.2 Å². The minimum absolute atomic E-state index is 0.132. The lowest BCUT2D eigenvalue weighted by molar-refractivity contribution is 0.0729. The molecule has 0 spiro atoms. The number of nitrogens with zero attached hydrogens (tertiary/aromatic N) is 3. The van der Waals surface area contributed by atoms with E-state index in [9.17, 15) is 13.2 Å². The number of piperazine rings is 1. The fourth-order valence-corrected chi connectivity index (χ4v) is 5.48. The zero-order valence-electron chi connectivity index (χ0n) is 17.5. The van der Waals surface area contributed by atoms with Crippen LogP contribution in [0.5, 0.6) is 0 Å². The van der Waals surface area contributed by atoms with Gasteiger partial charge in [0, 0.05) is 55.5 Å². The van der Waals surface area contributed by atoms with E-state index in [1.54, 1.807) is 17.0 Å². The lowest BCUT2D eigenvalue weighted by Gasteiger charge is -2.36. The second kappa shape index (κ2) is 9.16. The smallest absolute Gasteiger partial charge is 0.254 e. The molecule has 0 atom stereocenters. The molecule has 2 aliphatic heterocycles. The lowest BCUT2D eigenvalue weighted by atomic mass is 10.1. The molecule has 7 nitrogen and oxygen atoms in total. The Balaban J connectivity index is 1.48. The predicted octanol–water partition coefficient (Wildman–Crippen LogP) is 2.63. The summed E-state index contributed by atoms with van der Waals surface area (Å²) in [6, 6.07) is 12.5. The van der Waals surface area contributed by atoms with Crippen LogP contribution >= 0.6 is 11.6 Å². The Morgan fingerprint density at radius 1 is 0.935 bits per heavy atom. The minimum atomic E-state index is -3.65. The van der Waals surface area contributed by atoms with Crippen LogP contribution < -0.4 is 4.90 Å². The monoisotopic (exact) mass is 463 g/mol. The van der Waals surface area contributed by atoms with Gasteiger partial charge in [-0.15, -0.1) is 0 Å². The first-order valence-corrected chi connectivity index (χ1v) is 12.2. The fourth-order valence-electron chi connectivity index (χ4n) is 3.92. The molecule has 0 saturated carbocycles. The summed E-state index contributed by atoms with van der Waals surface area (Å²) >= 11 is 5.97. The molecular weight excluding hydrogens is 438 g/mol. The quantitative estimate of drug-likeness (QED) is 0.697. The lowest BCUT2D eigenvalue weighted by Crippen LogP contribution is -2.49. The van der Waals surface area contributed by atoms with Gasteiger partial charge >= 0.3 is 0 Å². The number of amides is 1. The summed E-state index contributed by atoms with van der Waals surface area (Å²) in [5, 5.41) is 0.694. The molecule has 2 saturated heterocycles. The number of rotatable bonds is 4. The van der Waals surface area contributed by atoms with Crippen molar-refractivity contribution < 1.29 is 17.9 Å². The molecule has 2 aromatic carbocycles. The molecule has 2 aromatic rings. The van der Waals surface area contributed by atoms with E-state index in [-0.39, 0.29) is 10.8 Å². The van der Waals surface area contributed by atoms with Gasteiger partial charge in [0.2, 0.25) is 10.0 Å². The van der Waals surface area contributed by atoms with Crippen molar-refractivity contribution in [1.29, 1.82) is 0 Å². The SMILES string of the molecule is Cc1ccc(S(=O)(=O)N2CCOCC2)cc1C(=O)N1CCN(c2ccc(Cl)cc2)CC1. The zero-order chi connectivity index (χ0) is 22.0. The van der Waals surface area contributed by atoms with E-state index in [0.29, 0.717) is 63.1 Å². The highest BCUT2D eigenvalue weighted by molar-refractivity contribution is 7.89. The van der Waals surface area contributed by atoms with Gasteiger partial charge in [0.15, 0.2) is 0 Å². The maximum atomic E-state index is 13.2. The van der Waals surface area contributed by atoms with Gasteiger partial charge in [-0.3, -0.25) is 4.79 Å². The van der Waals surface area contributed by atoms with Crippen LogP contribution in [0.1, 0.15) is 15.9 Å². The normalized spacial score (nSPS) is 18.3. The molecule has 9 heteroatoms. The molecule has 0 aromatic heterocycles. The van der Waals surface area contributed by atoms with Crippen LogP contribution in [-0.2, 0) is 14.8 Å². The van der Waals surface area contributed by atoms with Crippen LogP contribution in [0.4, 0.5) is 5.69 Å². The van der Waals surface area contributed by atoms with Crippen molar-refractivity contribution in [3.05, 3.63) is 58.6 Å². The summed E-state index contributed by atoms with van der Waals surface area (Å²) < 4.78 is 32.7. The van der Waals surface area contributed by atoms with Crippen molar-refractivity contribution in [1.82, 2.24) is 9.21 Å². The Labute approximate surface area is 188 Å². The number of ether oxygens (including phenoxy) is 1. The van der Waals surface area contributed by atoms with Crippen molar-refractivity contribution in [3.8, 4) is 0 Å². The topological polar surface area (TPSA) is 70.2 Å². The number of carbonyl (C=O) groups excluding carboxylic acids is 1. The van der Waals surface area contributed by atoms with Crippen LogP contribution in [0.15, 0.2) is 47.4 Å². The number of anilines is 1. The maximum Gasteiger partial charge on any atom is 0.254 e. The van der Waals surface area contributed by atoms with Gasteiger partial charge in [-0.2, -0.15) is 4.31 Å². The maximum absolute atomic E-state index is 13.2. The van der Waals surface area contributed by atoms with E-state index in [4.69, 9.17) is 16.3 Å². The van der Waals surface area contributed by atoms with Crippen molar-refractivity contribution in [2.75, 3.05) is 57.4 Å². The number of aryl methyl sites for hydroxylation is 1. The van der Waals surface area contributed by atoms with Crippen LogP contribution in [0.25, 0.3) is 0 Å². The molecular formula is C22H26ClN3O4S. The van der Waals surface area contributed by atoms with Gasteiger partial charge in [-0.25, -0.2) is 8.42 Å². The minimum Gasteiger partial charge on any atom is -0.379 e. The van der Waals surface area contributed by atoms with E-state index < -0.39 is 10.0 Å². The first-order chi connectivity index (χ1) is 14.9. The molecule has 0 bridgehead atoms. The number of hydrogen-bond donors (Lipinski definition) is 0. The standard InChI is InChI=1S/C22H26ClN3O4S/c1-17-2-7-20(31(28,29)26-12-14-30-15-13-26)16-21(17)22(27)25-10-8-24(9-11-25)19-5-3-18(23)4-6-19/h2-7,16H,8-15H2,1H3. The summed E-state index contributed by atoms with van der Waals surface area (Å²) in [6.45, 7) is 5.81. The average molecular weight is 464 g/mol. The molecule has 2 fully saturated rings. The Morgan fingerprint density at radius 3 is 2.23 bits per heavy atom. The zero-order valence-corrected chi connectivity index (χ0v) is 19.0. The van der Waals surface area contributed by atoms with Crippen molar-refractivity contribution in [2.45, 2.75) is 11.8 Å². The largest absolute Gasteiger partial charge is 0.379 e. The van der Waals surface area contributed by atoms with Gasteiger partial charge in [-0.1, -0.05) is 17.7 Å².